The Hall–Kier alpha value is -0.340. The van der Waals surface area contributed by atoms with Gasteiger partial charge in [0.05, 0.1) is 10.6 Å². The summed E-state index contributed by atoms with van der Waals surface area (Å²) in [6, 6.07) is 0. The Labute approximate surface area is 144 Å². The molecule has 1 N–H and O–H groups in total. The molecule has 2 nitrogen and oxygen atoms in total. The fourth-order valence-electron chi connectivity index (χ4n) is 6.89. The maximum atomic E-state index is 12.0. The fourth-order valence-corrected chi connectivity index (χ4v) is 7.30. The van der Waals surface area contributed by atoms with Gasteiger partial charge in [-0.25, -0.2) is 0 Å². The minimum absolute atomic E-state index is 0.0695. The van der Waals surface area contributed by atoms with Gasteiger partial charge in [-0.3, -0.25) is 4.79 Å². The molecule has 0 saturated heterocycles. The first-order chi connectivity index (χ1) is 10.7. The normalized spacial score (nSPS) is 52.9. The summed E-state index contributed by atoms with van der Waals surface area (Å²) in [5, 5.41) is 11.5. The lowest BCUT2D eigenvalue weighted by Gasteiger charge is -2.59. The zero-order valence-electron chi connectivity index (χ0n) is 14.6. The molecule has 4 rings (SSSR count). The second-order valence-electron chi connectivity index (χ2n) is 9.32. The molecule has 0 aromatic carbocycles. The molecule has 0 bridgehead atoms. The number of carbonyl (C=O) groups is 1. The molecule has 0 aliphatic heterocycles. The maximum Gasteiger partial charge on any atom is 0.174 e. The van der Waals surface area contributed by atoms with Crippen molar-refractivity contribution < 1.29 is 9.90 Å². The molecular weight excluding hydrogens is 308 g/mol. The first-order valence-corrected chi connectivity index (χ1v) is 9.73. The van der Waals surface area contributed by atoms with Crippen LogP contribution in [0.2, 0.25) is 0 Å². The lowest BCUT2D eigenvalue weighted by Crippen LogP contribution is -2.54. The number of rotatable bonds is 0. The molecule has 3 heteroatoms. The molecule has 0 heterocycles. The SMILES string of the molecule is C[C@]12CCC(=O)C(Cl)=C1CC[C@H]1[C@H]2CC[C@@]2(C)[C@H]1CC[C@]2(C)O. The van der Waals surface area contributed by atoms with E-state index in [1.54, 1.807) is 0 Å². The van der Waals surface area contributed by atoms with Crippen molar-refractivity contribution in [3.05, 3.63) is 10.6 Å². The van der Waals surface area contributed by atoms with E-state index in [0.717, 1.165) is 38.5 Å². The van der Waals surface area contributed by atoms with Crippen LogP contribution in [0.4, 0.5) is 0 Å². The van der Waals surface area contributed by atoms with Crippen molar-refractivity contribution in [1.29, 1.82) is 0 Å². The molecule has 3 fully saturated rings. The van der Waals surface area contributed by atoms with Crippen LogP contribution in [-0.4, -0.2) is 16.5 Å². The summed E-state index contributed by atoms with van der Waals surface area (Å²) in [5.74, 6) is 2.11. The highest BCUT2D eigenvalue weighted by Gasteiger charge is 2.62. The minimum Gasteiger partial charge on any atom is -0.390 e. The number of hydrogen-bond donors (Lipinski definition) is 1. The lowest BCUT2D eigenvalue weighted by atomic mass is 9.46. The summed E-state index contributed by atoms with van der Waals surface area (Å²) in [7, 11) is 0. The van der Waals surface area contributed by atoms with Crippen molar-refractivity contribution in [2.24, 2.45) is 28.6 Å². The number of fused-ring (bicyclic) bond motifs is 5. The summed E-state index contributed by atoms with van der Waals surface area (Å²) in [4.78, 5) is 12.0. The van der Waals surface area contributed by atoms with Gasteiger partial charge in [0.25, 0.3) is 0 Å². The Morgan fingerprint density at radius 3 is 2.43 bits per heavy atom. The second-order valence-corrected chi connectivity index (χ2v) is 9.70. The molecule has 4 aliphatic rings. The fraction of sp³-hybridized carbons (Fsp3) is 0.850. The van der Waals surface area contributed by atoms with Gasteiger partial charge in [-0.15, -0.1) is 0 Å². The number of carbonyl (C=O) groups excluding carboxylic acids is 1. The van der Waals surface area contributed by atoms with Gasteiger partial charge in [0.15, 0.2) is 5.78 Å². The Kier molecular flexibility index (Phi) is 3.40. The van der Waals surface area contributed by atoms with E-state index in [-0.39, 0.29) is 16.6 Å². The van der Waals surface area contributed by atoms with Crippen molar-refractivity contribution in [3.63, 3.8) is 0 Å². The third-order valence-corrected chi connectivity index (χ3v) is 9.05. The summed E-state index contributed by atoms with van der Waals surface area (Å²) in [5.41, 5.74) is 0.925. The summed E-state index contributed by atoms with van der Waals surface area (Å²) < 4.78 is 0. The van der Waals surface area contributed by atoms with Crippen LogP contribution in [0.25, 0.3) is 0 Å². The van der Waals surface area contributed by atoms with Crippen molar-refractivity contribution in [2.45, 2.75) is 77.7 Å². The number of aliphatic hydroxyl groups is 1. The van der Waals surface area contributed by atoms with Gasteiger partial charge in [-0.2, -0.15) is 0 Å². The number of hydrogen-bond acceptors (Lipinski definition) is 2. The van der Waals surface area contributed by atoms with Gasteiger partial charge in [0.2, 0.25) is 0 Å². The van der Waals surface area contributed by atoms with Crippen LogP contribution in [0.1, 0.15) is 72.1 Å². The highest BCUT2D eigenvalue weighted by atomic mass is 35.5. The molecule has 0 aromatic heterocycles. The van der Waals surface area contributed by atoms with E-state index in [1.165, 1.54) is 12.0 Å². The van der Waals surface area contributed by atoms with Crippen LogP contribution in [0.15, 0.2) is 10.6 Å². The van der Waals surface area contributed by atoms with Gasteiger partial charge in [0.1, 0.15) is 0 Å². The van der Waals surface area contributed by atoms with Crippen LogP contribution in [0.5, 0.6) is 0 Å². The van der Waals surface area contributed by atoms with Crippen molar-refractivity contribution in [2.75, 3.05) is 0 Å². The standard InChI is InChI=1S/C20H29ClO2/c1-18-9-8-16(22)17(21)15(18)5-4-12-13(18)6-10-19(2)14(12)7-11-20(19,3)23/h12-14,23H,4-11H2,1-3H3/t12-,13+,14-,18+,19-,20-/m0/s1. The van der Waals surface area contributed by atoms with E-state index in [9.17, 15) is 9.90 Å². The van der Waals surface area contributed by atoms with Crippen molar-refractivity contribution in [3.8, 4) is 0 Å². The molecular formula is C20H29ClO2. The number of halogens is 1. The maximum absolute atomic E-state index is 12.0. The van der Waals surface area contributed by atoms with Crippen molar-refractivity contribution >= 4 is 17.4 Å². The van der Waals surface area contributed by atoms with E-state index in [4.69, 9.17) is 11.6 Å². The van der Waals surface area contributed by atoms with Crippen LogP contribution in [-0.2, 0) is 4.79 Å². The summed E-state index contributed by atoms with van der Waals surface area (Å²) >= 11 is 6.44. The smallest absolute Gasteiger partial charge is 0.174 e. The third kappa shape index (κ3) is 1.94. The molecule has 4 aliphatic carbocycles. The average Bonchev–Trinajstić information content (AvgIpc) is 2.74. The van der Waals surface area contributed by atoms with E-state index in [2.05, 4.69) is 20.8 Å². The van der Waals surface area contributed by atoms with Gasteiger partial charge in [0, 0.05) is 6.42 Å². The minimum atomic E-state index is -0.514. The van der Waals surface area contributed by atoms with Crippen molar-refractivity contribution in [1.82, 2.24) is 0 Å². The number of ketones is 1. The van der Waals surface area contributed by atoms with Crippen LogP contribution >= 0.6 is 11.6 Å². The Bertz CT molecular complexity index is 592. The molecule has 23 heavy (non-hydrogen) atoms. The molecule has 0 radical (unpaired) electrons. The molecule has 0 unspecified atom stereocenters. The molecule has 128 valence electrons. The van der Waals surface area contributed by atoms with Gasteiger partial charge in [-0.1, -0.05) is 25.4 Å². The Morgan fingerprint density at radius 2 is 1.70 bits per heavy atom. The summed E-state index contributed by atoms with van der Waals surface area (Å²) in [6.07, 6.45) is 8.10. The molecule has 0 spiro atoms. The molecule has 0 amide bonds. The van der Waals surface area contributed by atoms with E-state index in [0.29, 0.717) is 29.2 Å². The summed E-state index contributed by atoms with van der Waals surface area (Å²) in [6.45, 7) is 6.75. The second kappa shape index (κ2) is 4.85. The highest BCUT2D eigenvalue weighted by Crippen LogP contribution is 2.67. The Morgan fingerprint density at radius 1 is 1.00 bits per heavy atom. The van der Waals surface area contributed by atoms with Gasteiger partial charge >= 0.3 is 0 Å². The first kappa shape index (κ1) is 16.1. The van der Waals surface area contributed by atoms with E-state index < -0.39 is 5.60 Å². The topological polar surface area (TPSA) is 37.3 Å². The lowest BCUT2D eigenvalue weighted by molar-refractivity contribution is -0.124. The molecule has 3 saturated carbocycles. The van der Waals surface area contributed by atoms with Crippen LogP contribution in [0.3, 0.4) is 0 Å². The third-order valence-electron chi connectivity index (χ3n) is 8.62. The Balaban J connectivity index is 1.72. The van der Waals surface area contributed by atoms with E-state index >= 15 is 0 Å². The average molecular weight is 337 g/mol. The predicted octanol–water partition coefficient (Wildman–Crippen LogP) is 4.84. The largest absolute Gasteiger partial charge is 0.390 e. The zero-order valence-corrected chi connectivity index (χ0v) is 15.4. The monoisotopic (exact) mass is 336 g/mol. The first-order valence-electron chi connectivity index (χ1n) is 9.35. The highest BCUT2D eigenvalue weighted by molar-refractivity contribution is 6.43. The van der Waals surface area contributed by atoms with E-state index in [1.807, 2.05) is 0 Å². The molecule has 6 atom stereocenters. The zero-order chi connectivity index (χ0) is 16.6. The quantitative estimate of drug-likeness (QED) is 0.687. The van der Waals surface area contributed by atoms with Crippen LogP contribution in [0, 0.1) is 28.6 Å². The number of Topliss-reactive ketones (excluding diaryl/α,β-unsaturated/α-hetero) is 1. The molecule has 0 aromatic rings. The number of allylic oxidation sites excluding steroid dienone is 1. The van der Waals surface area contributed by atoms with Gasteiger partial charge in [-0.05, 0) is 86.0 Å². The predicted molar refractivity (Wildman–Crippen MR) is 92.1 cm³/mol. The van der Waals surface area contributed by atoms with Gasteiger partial charge < -0.3 is 5.11 Å². The van der Waals surface area contributed by atoms with Crippen LogP contribution < -0.4 is 0 Å².